The van der Waals surface area contributed by atoms with Crippen LogP contribution in [0.15, 0.2) is 29.2 Å². The first-order valence-electron chi connectivity index (χ1n) is 9.25. The zero-order valence-electron chi connectivity index (χ0n) is 15.4. The molecule has 148 valence electrons. The molecule has 8 nitrogen and oxygen atoms in total. The number of sulfonamides is 1. The standard InChI is InChI=1S/C18H25N3O5S/c1-2-26-18(23)20-12-9-14(10-13-20)19-27(24,25)16-7-5-15(6-8-16)21-11-3-4-17(21)22/h5-8,14,19H,2-4,9-13H2,1H3. The number of ether oxygens (including phenoxy) is 1. The molecule has 0 spiro atoms. The summed E-state index contributed by atoms with van der Waals surface area (Å²) in [5.41, 5.74) is 0.721. The van der Waals surface area contributed by atoms with Crippen molar-refractivity contribution in [1.29, 1.82) is 0 Å². The lowest BCUT2D eigenvalue weighted by Crippen LogP contribution is -2.46. The summed E-state index contributed by atoms with van der Waals surface area (Å²) in [6.45, 7) is 3.67. The summed E-state index contributed by atoms with van der Waals surface area (Å²) in [6, 6.07) is 6.16. The van der Waals surface area contributed by atoms with E-state index in [1.165, 1.54) is 12.1 Å². The van der Waals surface area contributed by atoms with E-state index in [0.29, 0.717) is 45.5 Å². The van der Waals surface area contributed by atoms with E-state index in [4.69, 9.17) is 4.74 Å². The Morgan fingerprint density at radius 1 is 1.19 bits per heavy atom. The molecule has 0 bridgehead atoms. The molecular weight excluding hydrogens is 370 g/mol. The van der Waals surface area contributed by atoms with Crippen molar-refractivity contribution in [3.8, 4) is 0 Å². The van der Waals surface area contributed by atoms with Gasteiger partial charge in [0.1, 0.15) is 0 Å². The normalized spacial score (nSPS) is 18.8. The third-order valence-corrected chi connectivity index (χ3v) is 6.41. The second-order valence-electron chi connectivity index (χ2n) is 6.72. The van der Waals surface area contributed by atoms with Crippen molar-refractivity contribution in [2.45, 2.75) is 43.5 Å². The molecule has 2 amide bonds. The number of carbonyl (C=O) groups excluding carboxylic acids is 2. The monoisotopic (exact) mass is 395 g/mol. The maximum absolute atomic E-state index is 12.6. The molecule has 2 aliphatic heterocycles. The molecule has 1 N–H and O–H groups in total. The van der Waals surface area contributed by atoms with E-state index in [9.17, 15) is 18.0 Å². The first-order chi connectivity index (χ1) is 12.9. The first-order valence-corrected chi connectivity index (χ1v) is 10.7. The zero-order chi connectivity index (χ0) is 19.4. The Balaban J connectivity index is 1.59. The summed E-state index contributed by atoms with van der Waals surface area (Å²) in [5, 5.41) is 0. The van der Waals surface area contributed by atoms with E-state index in [1.54, 1.807) is 28.9 Å². The van der Waals surface area contributed by atoms with E-state index in [0.717, 1.165) is 12.1 Å². The summed E-state index contributed by atoms with van der Waals surface area (Å²) >= 11 is 0. The van der Waals surface area contributed by atoms with Gasteiger partial charge in [0.15, 0.2) is 0 Å². The van der Waals surface area contributed by atoms with E-state index in [-0.39, 0.29) is 22.9 Å². The average Bonchev–Trinajstić information content (AvgIpc) is 3.08. The molecule has 1 aromatic carbocycles. The number of carbonyl (C=O) groups is 2. The fourth-order valence-corrected chi connectivity index (χ4v) is 4.71. The number of amides is 2. The molecule has 2 heterocycles. The summed E-state index contributed by atoms with van der Waals surface area (Å²) in [6.07, 6.45) is 2.08. The second-order valence-corrected chi connectivity index (χ2v) is 8.44. The highest BCUT2D eigenvalue weighted by molar-refractivity contribution is 7.89. The van der Waals surface area contributed by atoms with Crippen molar-refractivity contribution in [3.05, 3.63) is 24.3 Å². The molecule has 2 fully saturated rings. The minimum absolute atomic E-state index is 0.0668. The van der Waals surface area contributed by atoms with Crippen LogP contribution in [0.5, 0.6) is 0 Å². The van der Waals surface area contributed by atoms with Gasteiger partial charge in [-0.3, -0.25) is 4.79 Å². The fourth-order valence-electron chi connectivity index (χ4n) is 3.41. The van der Waals surface area contributed by atoms with Crippen molar-refractivity contribution in [2.75, 3.05) is 31.1 Å². The number of benzene rings is 1. The number of anilines is 1. The second kappa shape index (κ2) is 8.26. The third-order valence-electron chi connectivity index (χ3n) is 4.87. The maximum Gasteiger partial charge on any atom is 0.409 e. The van der Waals surface area contributed by atoms with Crippen LogP contribution >= 0.6 is 0 Å². The van der Waals surface area contributed by atoms with Crippen LogP contribution in [0, 0.1) is 0 Å². The van der Waals surface area contributed by atoms with Crippen molar-refractivity contribution in [3.63, 3.8) is 0 Å². The molecule has 0 radical (unpaired) electrons. The Kier molecular flexibility index (Phi) is 6.01. The third kappa shape index (κ3) is 4.59. The van der Waals surface area contributed by atoms with Gasteiger partial charge in [-0.2, -0.15) is 0 Å². The minimum atomic E-state index is -3.65. The van der Waals surface area contributed by atoms with Gasteiger partial charge in [-0.1, -0.05) is 0 Å². The Morgan fingerprint density at radius 2 is 1.85 bits per heavy atom. The van der Waals surface area contributed by atoms with Crippen LogP contribution in [0.4, 0.5) is 10.5 Å². The number of nitrogens with one attached hydrogen (secondary N) is 1. The molecule has 9 heteroatoms. The van der Waals surface area contributed by atoms with Gasteiger partial charge in [0, 0.05) is 37.8 Å². The fraction of sp³-hybridized carbons (Fsp3) is 0.556. The quantitative estimate of drug-likeness (QED) is 0.819. The highest BCUT2D eigenvalue weighted by Crippen LogP contribution is 2.23. The van der Waals surface area contributed by atoms with Gasteiger partial charge in [-0.25, -0.2) is 17.9 Å². The van der Waals surface area contributed by atoms with Gasteiger partial charge in [0.2, 0.25) is 15.9 Å². The lowest BCUT2D eigenvalue weighted by atomic mass is 10.1. The summed E-state index contributed by atoms with van der Waals surface area (Å²) in [7, 11) is -3.65. The van der Waals surface area contributed by atoms with Crippen molar-refractivity contribution in [2.24, 2.45) is 0 Å². The summed E-state index contributed by atoms with van der Waals surface area (Å²) < 4.78 is 32.9. The largest absolute Gasteiger partial charge is 0.450 e. The van der Waals surface area contributed by atoms with E-state index < -0.39 is 10.0 Å². The van der Waals surface area contributed by atoms with Gasteiger partial charge >= 0.3 is 6.09 Å². The molecule has 3 rings (SSSR count). The molecule has 0 atom stereocenters. The zero-order valence-corrected chi connectivity index (χ0v) is 16.2. The van der Waals surface area contributed by atoms with Gasteiger partial charge < -0.3 is 14.5 Å². The molecule has 2 saturated heterocycles. The molecule has 0 unspecified atom stereocenters. The summed E-state index contributed by atoms with van der Waals surface area (Å²) in [4.78, 5) is 26.9. The molecule has 27 heavy (non-hydrogen) atoms. The lowest BCUT2D eigenvalue weighted by molar-refractivity contribution is -0.117. The van der Waals surface area contributed by atoms with Gasteiger partial charge in [0.25, 0.3) is 0 Å². The Labute approximate surface area is 159 Å². The Morgan fingerprint density at radius 3 is 2.41 bits per heavy atom. The van der Waals surface area contributed by atoms with Crippen LogP contribution < -0.4 is 9.62 Å². The Hall–Kier alpha value is -2.13. The minimum Gasteiger partial charge on any atom is -0.450 e. The van der Waals surface area contributed by atoms with Crippen LogP contribution in [0.3, 0.4) is 0 Å². The van der Waals surface area contributed by atoms with E-state index >= 15 is 0 Å². The molecule has 0 aliphatic carbocycles. The Bertz CT molecular complexity index is 786. The topological polar surface area (TPSA) is 96.0 Å². The number of likely N-dealkylation sites (tertiary alicyclic amines) is 1. The first kappa shape index (κ1) is 19.6. The van der Waals surface area contributed by atoms with Gasteiger partial charge in [-0.15, -0.1) is 0 Å². The maximum atomic E-state index is 12.6. The number of piperidine rings is 1. The van der Waals surface area contributed by atoms with Gasteiger partial charge in [0.05, 0.1) is 11.5 Å². The van der Waals surface area contributed by atoms with Crippen molar-refractivity contribution < 1.29 is 22.7 Å². The van der Waals surface area contributed by atoms with Crippen molar-refractivity contribution >= 4 is 27.7 Å². The van der Waals surface area contributed by atoms with Crippen LogP contribution in [-0.4, -0.2) is 57.6 Å². The SMILES string of the molecule is CCOC(=O)N1CCC(NS(=O)(=O)c2ccc(N3CCCC3=O)cc2)CC1. The van der Waals surface area contributed by atoms with Crippen LogP contribution in [0.2, 0.25) is 0 Å². The molecule has 0 saturated carbocycles. The average molecular weight is 395 g/mol. The molecular formula is C18H25N3O5S. The molecule has 0 aromatic heterocycles. The van der Waals surface area contributed by atoms with Gasteiger partial charge in [-0.05, 0) is 50.5 Å². The van der Waals surface area contributed by atoms with E-state index in [2.05, 4.69) is 4.72 Å². The number of nitrogens with zero attached hydrogens (tertiary/aromatic N) is 2. The lowest BCUT2D eigenvalue weighted by Gasteiger charge is -2.31. The van der Waals surface area contributed by atoms with Crippen LogP contribution in [0.25, 0.3) is 0 Å². The smallest absolute Gasteiger partial charge is 0.409 e. The molecule has 2 aliphatic rings. The van der Waals surface area contributed by atoms with Crippen LogP contribution in [0.1, 0.15) is 32.6 Å². The van der Waals surface area contributed by atoms with Crippen LogP contribution in [-0.2, 0) is 19.6 Å². The highest BCUT2D eigenvalue weighted by Gasteiger charge is 2.28. The number of rotatable bonds is 5. The predicted molar refractivity (Wildman–Crippen MR) is 100.0 cm³/mol. The molecule has 1 aromatic rings. The predicted octanol–water partition coefficient (Wildman–Crippen LogP) is 1.71. The number of hydrogen-bond acceptors (Lipinski definition) is 5. The van der Waals surface area contributed by atoms with Crippen molar-refractivity contribution in [1.82, 2.24) is 9.62 Å². The highest BCUT2D eigenvalue weighted by atomic mass is 32.2. The summed E-state index contributed by atoms with van der Waals surface area (Å²) in [5.74, 6) is 0.0668. The van der Waals surface area contributed by atoms with E-state index in [1.807, 2.05) is 0 Å². The number of hydrogen-bond donors (Lipinski definition) is 1.